The average Bonchev–Trinajstić information content (AvgIpc) is 2.82. The Kier molecular flexibility index (Phi) is 13.8. The number of hydrogen-bond donors (Lipinski definition) is 0. The molecule has 0 radical (unpaired) electrons. The molecule has 5 nitrogen and oxygen atoms in total. The van der Waals surface area contributed by atoms with Gasteiger partial charge in [-0.1, -0.05) is 90.9 Å². The van der Waals surface area contributed by atoms with Crippen molar-refractivity contribution in [1.29, 1.82) is 0 Å². The Morgan fingerprint density at radius 1 is 0.970 bits per heavy atom. The minimum Gasteiger partial charge on any atom is -0.461 e. The van der Waals surface area contributed by atoms with Gasteiger partial charge < -0.3 is 9.47 Å². The zero-order valence-corrected chi connectivity index (χ0v) is 20.9. The van der Waals surface area contributed by atoms with Gasteiger partial charge in [0, 0.05) is 18.8 Å². The molecule has 2 rings (SSSR count). The van der Waals surface area contributed by atoms with E-state index in [1.165, 1.54) is 64.0 Å². The van der Waals surface area contributed by atoms with Gasteiger partial charge in [-0.2, -0.15) is 0 Å². The van der Waals surface area contributed by atoms with Crippen LogP contribution in [0.2, 0.25) is 0 Å². The smallest absolute Gasteiger partial charge is 0.339 e. The molecule has 0 N–H and O–H groups in total. The van der Waals surface area contributed by atoms with Gasteiger partial charge in [0.25, 0.3) is 0 Å². The molecule has 0 spiro atoms. The molecule has 1 saturated heterocycles. The van der Waals surface area contributed by atoms with Crippen molar-refractivity contribution in [3.05, 3.63) is 30.1 Å². The van der Waals surface area contributed by atoms with Gasteiger partial charge >= 0.3 is 11.9 Å². The molecule has 1 aromatic rings. The normalized spacial score (nSPS) is 18.4. The monoisotopic (exact) mass is 459 g/mol. The van der Waals surface area contributed by atoms with Crippen LogP contribution in [0, 0.1) is 5.92 Å². The molecule has 0 amide bonds. The Hall–Kier alpha value is -1.91. The molecule has 2 heterocycles. The van der Waals surface area contributed by atoms with E-state index < -0.39 is 0 Å². The Bertz CT molecular complexity index is 663. The Labute approximate surface area is 201 Å². The number of pyridine rings is 1. The predicted octanol–water partition coefficient (Wildman–Crippen LogP) is 7.43. The van der Waals surface area contributed by atoms with Gasteiger partial charge in [0.05, 0.1) is 11.5 Å². The van der Waals surface area contributed by atoms with Gasteiger partial charge in [0.2, 0.25) is 0 Å². The van der Waals surface area contributed by atoms with Crippen molar-refractivity contribution in [3.63, 3.8) is 0 Å². The van der Waals surface area contributed by atoms with Crippen LogP contribution in [0.1, 0.15) is 127 Å². The van der Waals surface area contributed by atoms with Crippen LogP contribution in [0.5, 0.6) is 0 Å². The van der Waals surface area contributed by atoms with Gasteiger partial charge in [0.15, 0.2) is 0 Å². The van der Waals surface area contributed by atoms with E-state index in [1.807, 2.05) is 0 Å². The van der Waals surface area contributed by atoms with Crippen LogP contribution < -0.4 is 0 Å². The third-order valence-corrected chi connectivity index (χ3v) is 6.68. The summed E-state index contributed by atoms with van der Waals surface area (Å²) in [5.74, 6) is -0.462. The molecule has 1 fully saturated rings. The summed E-state index contributed by atoms with van der Waals surface area (Å²) in [6.07, 6.45) is 21.1. The second-order valence-corrected chi connectivity index (χ2v) is 9.55. The number of rotatable bonds is 19. The highest BCUT2D eigenvalue weighted by Crippen LogP contribution is 2.32. The number of hydrogen-bond acceptors (Lipinski definition) is 5. The fraction of sp³-hybridized carbons (Fsp3) is 0.750. The van der Waals surface area contributed by atoms with E-state index in [9.17, 15) is 9.59 Å². The molecule has 1 aliphatic heterocycles. The molecular formula is C28H45NO4. The molecule has 0 bridgehead atoms. The van der Waals surface area contributed by atoms with Gasteiger partial charge in [-0.05, 0) is 31.4 Å². The SMILES string of the molecule is CCCCCCCCCCC[C@@H](C[C@@H]1OC(=O)[C@H]1CCCCCC)OC(=O)c1cccnc1. The summed E-state index contributed by atoms with van der Waals surface area (Å²) in [5, 5.41) is 0. The molecule has 0 aliphatic carbocycles. The Balaban J connectivity index is 1.79. The molecule has 33 heavy (non-hydrogen) atoms. The van der Waals surface area contributed by atoms with Crippen LogP contribution in [0.4, 0.5) is 0 Å². The molecule has 0 saturated carbocycles. The van der Waals surface area contributed by atoms with E-state index in [2.05, 4.69) is 18.8 Å². The maximum Gasteiger partial charge on any atom is 0.339 e. The van der Waals surface area contributed by atoms with Crippen molar-refractivity contribution in [2.75, 3.05) is 0 Å². The zero-order valence-electron chi connectivity index (χ0n) is 20.9. The van der Waals surface area contributed by atoms with Crippen LogP contribution in [-0.4, -0.2) is 29.1 Å². The number of carbonyl (C=O) groups excluding carboxylic acids is 2. The van der Waals surface area contributed by atoms with Gasteiger partial charge in [-0.15, -0.1) is 0 Å². The predicted molar refractivity (Wildman–Crippen MR) is 132 cm³/mol. The summed E-state index contributed by atoms with van der Waals surface area (Å²) >= 11 is 0. The van der Waals surface area contributed by atoms with Crippen molar-refractivity contribution in [2.45, 2.75) is 129 Å². The third-order valence-electron chi connectivity index (χ3n) is 6.68. The first kappa shape index (κ1) is 27.3. The number of aromatic nitrogens is 1. The largest absolute Gasteiger partial charge is 0.461 e. The molecular weight excluding hydrogens is 414 g/mol. The average molecular weight is 460 g/mol. The van der Waals surface area contributed by atoms with Gasteiger partial charge in [-0.25, -0.2) is 4.79 Å². The fourth-order valence-electron chi connectivity index (χ4n) is 4.57. The summed E-state index contributed by atoms with van der Waals surface area (Å²) in [6.45, 7) is 4.44. The summed E-state index contributed by atoms with van der Waals surface area (Å²) < 4.78 is 11.3. The minimum atomic E-state index is -0.339. The number of nitrogens with zero attached hydrogens (tertiary/aromatic N) is 1. The number of ether oxygens (including phenoxy) is 2. The van der Waals surface area contributed by atoms with Crippen LogP contribution in [0.15, 0.2) is 24.5 Å². The van der Waals surface area contributed by atoms with Crippen LogP contribution in [-0.2, 0) is 14.3 Å². The summed E-state index contributed by atoms with van der Waals surface area (Å²) in [6, 6.07) is 3.47. The van der Waals surface area contributed by atoms with E-state index in [0.717, 1.165) is 38.5 Å². The van der Waals surface area contributed by atoms with Crippen molar-refractivity contribution in [2.24, 2.45) is 5.92 Å². The minimum absolute atomic E-state index is 0.0374. The maximum absolute atomic E-state index is 12.6. The molecule has 0 unspecified atom stereocenters. The topological polar surface area (TPSA) is 65.5 Å². The molecule has 5 heteroatoms. The first-order valence-electron chi connectivity index (χ1n) is 13.5. The summed E-state index contributed by atoms with van der Waals surface area (Å²) in [5.41, 5.74) is 0.469. The standard InChI is InChI=1S/C28H45NO4/c1-3-5-7-9-10-11-12-13-14-18-24(32-27(30)23-17-16-20-29-22-23)21-26-25(28(31)33-26)19-15-8-6-4-2/h16-17,20,22,24-26H,3-15,18-19,21H2,1-2H3/t24-,25-,26-/m0/s1. The zero-order chi connectivity index (χ0) is 23.7. The Morgan fingerprint density at radius 2 is 1.61 bits per heavy atom. The molecule has 3 atom stereocenters. The number of unbranched alkanes of at least 4 members (excludes halogenated alkanes) is 11. The van der Waals surface area contributed by atoms with Gasteiger partial charge in [-0.3, -0.25) is 9.78 Å². The van der Waals surface area contributed by atoms with Crippen LogP contribution >= 0.6 is 0 Å². The molecule has 186 valence electrons. The quantitative estimate of drug-likeness (QED) is 0.159. The third kappa shape index (κ3) is 10.7. The lowest BCUT2D eigenvalue weighted by Gasteiger charge is -2.37. The molecule has 0 aromatic carbocycles. The van der Waals surface area contributed by atoms with E-state index in [-0.39, 0.29) is 30.1 Å². The second kappa shape index (κ2) is 16.7. The fourth-order valence-corrected chi connectivity index (χ4v) is 4.57. The lowest BCUT2D eigenvalue weighted by Crippen LogP contribution is -2.47. The van der Waals surface area contributed by atoms with Crippen molar-refractivity contribution in [3.8, 4) is 0 Å². The van der Waals surface area contributed by atoms with Crippen molar-refractivity contribution < 1.29 is 19.1 Å². The highest BCUT2D eigenvalue weighted by Gasteiger charge is 2.43. The maximum atomic E-state index is 12.6. The highest BCUT2D eigenvalue weighted by molar-refractivity contribution is 5.89. The highest BCUT2D eigenvalue weighted by atomic mass is 16.6. The van der Waals surface area contributed by atoms with Gasteiger partial charge in [0.1, 0.15) is 12.2 Å². The lowest BCUT2D eigenvalue weighted by atomic mass is 9.86. The first-order chi connectivity index (χ1) is 16.2. The number of carbonyl (C=O) groups is 2. The Morgan fingerprint density at radius 3 is 2.21 bits per heavy atom. The van der Waals surface area contributed by atoms with Crippen LogP contribution in [0.3, 0.4) is 0 Å². The van der Waals surface area contributed by atoms with Crippen LogP contribution in [0.25, 0.3) is 0 Å². The number of esters is 2. The van der Waals surface area contributed by atoms with E-state index in [4.69, 9.17) is 9.47 Å². The lowest BCUT2D eigenvalue weighted by molar-refractivity contribution is -0.188. The number of cyclic esters (lactones) is 1. The summed E-state index contributed by atoms with van der Waals surface area (Å²) in [7, 11) is 0. The first-order valence-corrected chi connectivity index (χ1v) is 13.5. The molecule has 1 aliphatic rings. The van der Waals surface area contributed by atoms with E-state index in [1.54, 1.807) is 18.3 Å². The second-order valence-electron chi connectivity index (χ2n) is 9.55. The molecule has 1 aromatic heterocycles. The van der Waals surface area contributed by atoms with E-state index in [0.29, 0.717) is 12.0 Å². The van der Waals surface area contributed by atoms with E-state index >= 15 is 0 Å². The van der Waals surface area contributed by atoms with Crippen molar-refractivity contribution in [1.82, 2.24) is 4.98 Å². The van der Waals surface area contributed by atoms with Crippen molar-refractivity contribution >= 4 is 11.9 Å². The summed E-state index contributed by atoms with van der Waals surface area (Å²) in [4.78, 5) is 28.7.